The minimum Gasteiger partial charge on any atom is -0.465 e. The minimum atomic E-state index is -1.00. The van der Waals surface area contributed by atoms with Gasteiger partial charge in [0.1, 0.15) is 0 Å². The van der Waals surface area contributed by atoms with Crippen molar-refractivity contribution in [2.24, 2.45) is 0 Å². The Morgan fingerprint density at radius 2 is 1.83 bits per heavy atom. The molecule has 0 radical (unpaired) electrons. The molecule has 1 saturated heterocycles. The first kappa shape index (κ1) is 19.1. The lowest BCUT2D eigenvalue weighted by Crippen LogP contribution is -2.46. The second-order valence-corrected chi connectivity index (χ2v) is 7.37. The summed E-state index contributed by atoms with van der Waals surface area (Å²) in [6.07, 6.45) is 0.379. The molecule has 150 valence electrons. The van der Waals surface area contributed by atoms with Crippen molar-refractivity contribution >= 4 is 6.09 Å². The van der Waals surface area contributed by atoms with Crippen LogP contribution in [-0.4, -0.2) is 45.9 Å². The summed E-state index contributed by atoms with van der Waals surface area (Å²) < 4.78 is 5.46. The quantitative estimate of drug-likeness (QED) is 0.610. The fourth-order valence-electron chi connectivity index (χ4n) is 3.66. The van der Waals surface area contributed by atoms with Crippen LogP contribution in [0.5, 0.6) is 0 Å². The third-order valence-corrected chi connectivity index (χ3v) is 5.23. The molecule has 1 atom stereocenters. The molecule has 7 nitrogen and oxygen atoms in total. The first-order chi connectivity index (χ1) is 14.2. The highest BCUT2D eigenvalue weighted by atomic mass is 16.5. The van der Waals surface area contributed by atoms with Crippen LogP contribution in [0, 0.1) is 0 Å². The topological polar surface area (TPSA) is 91.5 Å². The van der Waals surface area contributed by atoms with Gasteiger partial charge in [-0.2, -0.15) is 4.98 Å². The van der Waals surface area contributed by atoms with Crippen LogP contribution < -0.4 is 5.32 Å². The molecule has 0 saturated carbocycles. The second kappa shape index (κ2) is 8.87. The van der Waals surface area contributed by atoms with E-state index in [1.165, 1.54) is 0 Å². The fourth-order valence-corrected chi connectivity index (χ4v) is 3.66. The van der Waals surface area contributed by atoms with Gasteiger partial charge in [-0.1, -0.05) is 65.8 Å². The number of rotatable bonds is 8. The number of likely N-dealkylation sites (tertiary alicyclic amines) is 1. The maximum Gasteiger partial charge on any atom is 0.405 e. The first-order valence-corrected chi connectivity index (χ1v) is 9.80. The fraction of sp³-hybridized carbons (Fsp3) is 0.318. The molecule has 3 aromatic rings. The zero-order chi connectivity index (χ0) is 20.1. The lowest BCUT2D eigenvalue weighted by atomic mass is 9.97. The van der Waals surface area contributed by atoms with Gasteiger partial charge in [0, 0.05) is 26.1 Å². The van der Waals surface area contributed by atoms with E-state index in [1.807, 2.05) is 48.5 Å². The number of aromatic nitrogens is 2. The molecule has 1 fully saturated rings. The van der Waals surface area contributed by atoms with Gasteiger partial charge < -0.3 is 19.8 Å². The summed E-state index contributed by atoms with van der Waals surface area (Å²) in [6.45, 7) is 2.50. The highest BCUT2D eigenvalue weighted by Gasteiger charge is 2.32. The van der Waals surface area contributed by atoms with Crippen molar-refractivity contribution in [3.63, 3.8) is 0 Å². The van der Waals surface area contributed by atoms with E-state index in [4.69, 9.17) is 9.63 Å². The Morgan fingerprint density at radius 1 is 1.14 bits per heavy atom. The summed E-state index contributed by atoms with van der Waals surface area (Å²) in [5, 5.41) is 15.9. The zero-order valence-corrected chi connectivity index (χ0v) is 16.1. The average Bonchev–Trinajstić information content (AvgIpc) is 3.15. The van der Waals surface area contributed by atoms with Gasteiger partial charge in [-0.05, 0) is 17.5 Å². The van der Waals surface area contributed by atoms with Crippen LogP contribution in [0.15, 0.2) is 65.2 Å². The van der Waals surface area contributed by atoms with E-state index in [2.05, 4.69) is 32.5 Å². The molecule has 2 N–H and O–H groups in total. The van der Waals surface area contributed by atoms with Crippen molar-refractivity contribution < 1.29 is 14.4 Å². The molecule has 0 spiro atoms. The van der Waals surface area contributed by atoms with Crippen LogP contribution in [0.25, 0.3) is 0 Å². The van der Waals surface area contributed by atoms with Crippen LogP contribution in [0.4, 0.5) is 4.79 Å². The Kier molecular flexibility index (Phi) is 5.86. The Balaban J connectivity index is 1.27. The highest BCUT2D eigenvalue weighted by molar-refractivity contribution is 5.65. The molecule has 1 aliphatic heterocycles. The van der Waals surface area contributed by atoms with Crippen LogP contribution in [0.2, 0.25) is 0 Å². The van der Waals surface area contributed by atoms with Crippen LogP contribution in [0.1, 0.15) is 41.2 Å². The summed E-state index contributed by atoms with van der Waals surface area (Å²) in [4.78, 5) is 18.0. The summed E-state index contributed by atoms with van der Waals surface area (Å²) >= 11 is 0. The normalized spacial score (nSPS) is 15.6. The Bertz CT molecular complexity index is 924. The van der Waals surface area contributed by atoms with Crippen molar-refractivity contribution in [2.75, 3.05) is 19.6 Å². The van der Waals surface area contributed by atoms with Crippen LogP contribution >= 0.6 is 0 Å². The molecule has 2 heterocycles. The standard InChI is InChI=1S/C22H24N4O3/c27-22(28)23-19(17-9-5-2-6-10-17)11-12-26-14-18(15-26)21-24-20(25-29-21)13-16-7-3-1-4-8-16/h1-10,18-19,23H,11-15H2,(H,27,28). The summed E-state index contributed by atoms with van der Waals surface area (Å²) in [6, 6.07) is 19.6. The van der Waals surface area contributed by atoms with Crippen molar-refractivity contribution in [2.45, 2.75) is 24.8 Å². The summed E-state index contributed by atoms with van der Waals surface area (Å²) in [5.74, 6) is 1.64. The SMILES string of the molecule is O=C(O)NC(CCN1CC(c2nc(Cc3ccccc3)no2)C1)c1ccccc1. The van der Waals surface area contributed by atoms with Crippen LogP contribution in [-0.2, 0) is 6.42 Å². The molecule has 0 bridgehead atoms. The van der Waals surface area contributed by atoms with Gasteiger partial charge in [0.15, 0.2) is 5.82 Å². The number of nitrogens with zero attached hydrogens (tertiary/aromatic N) is 3. The summed E-state index contributed by atoms with van der Waals surface area (Å²) in [5.41, 5.74) is 2.14. The largest absolute Gasteiger partial charge is 0.465 e. The van der Waals surface area contributed by atoms with Gasteiger partial charge in [-0.15, -0.1) is 0 Å². The lowest BCUT2D eigenvalue weighted by molar-refractivity contribution is 0.118. The van der Waals surface area contributed by atoms with Gasteiger partial charge in [0.05, 0.1) is 12.0 Å². The first-order valence-electron chi connectivity index (χ1n) is 9.80. The minimum absolute atomic E-state index is 0.214. The van der Waals surface area contributed by atoms with Crippen molar-refractivity contribution in [3.8, 4) is 0 Å². The number of hydrogen-bond donors (Lipinski definition) is 2. The molecule has 1 amide bonds. The van der Waals surface area contributed by atoms with E-state index in [0.29, 0.717) is 24.6 Å². The Labute approximate surface area is 169 Å². The van der Waals surface area contributed by atoms with E-state index in [9.17, 15) is 4.79 Å². The van der Waals surface area contributed by atoms with Crippen molar-refractivity contribution in [1.29, 1.82) is 0 Å². The maximum atomic E-state index is 11.1. The van der Waals surface area contributed by atoms with Crippen molar-refractivity contribution in [3.05, 3.63) is 83.5 Å². The predicted molar refractivity (Wildman–Crippen MR) is 108 cm³/mol. The highest BCUT2D eigenvalue weighted by Crippen LogP contribution is 2.27. The van der Waals surface area contributed by atoms with Gasteiger partial charge in [0.25, 0.3) is 0 Å². The van der Waals surface area contributed by atoms with E-state index >= 15 is 0 Å². The molecule has 1 aromatic heterocycles. The smallest absolute Gasteiger partial charge is 0.405 e. The van der Waals surface area contributed by atoms with E-state index in [-0.39, 0.29) is 12.0 Å². The molecular weight excluding hydrogens is 368 g/mol. The van der Waals surface area contributed by atoms with E-state index < -0.39 is 6.09 Å². The third kappa shape index (κ3) is 5.00. The number of benzene rings is 2. The molecule has 1 aliphatic rings. The van der Waals surface area contributed by atoms with Gasteiger partial charge in [-0.25, -0.2) is 4.79 Å². The van der Waals surface area contributed by atoms with E-state index in [0.717, 1.165) is 30.8 Å². The molecule has 2 aromatic carbocycles. The third-order valence-electron chi connectivity index (χ3n) is 5.23. The molecule has 7 heteroatoms. The van der Waals surface area contributed by atoms with Gasteiger partial charge in [-0.3, -0.25) is 0 Å². The van der Waals surface area contributed by atoms with Crippen LogP contribution in [0.3, 0.4) is 0 Å². The van der Waals surface area contributed by atoms with Gasteiger partial charge in [0.2, 0.25) is 5.89 Å². The second-order valence-electron chi connectivity index (χ2n) is 7.37. The summed E-state index contributed by atoms with van der Waals surface area (Å²) in [7, 11) is 0. The number of carbonyl (C=O) groups is 1. The molecule has 0 aliphatic carbocycles. The predicted octanol–water partition coefficient (Wildman–Crippen LogP) is 3.46. The monoisotopic (exact) mass is 392 g/mol. The Hall–Kier alpha value is -3.19. The van der Waals surface area contributed by atoms with E-state index in [1.54, 1.807) is 0 Å². The van der Waals surface area contributed by atoms with Crippen molar-refractivity contribution in [1.82, 2.24) is 20.4 Å². The van der Waals surface area contributed by atoms with Gasteiger partial charge >= 0.3 is 6.09 Å². The number of nitrogens with one attached hydrogen (secondary N) is 1. The average molecular weight is 392 g/mol. The maximum absolute atomic E-state index is 11.1. The zero-order valence-electron chi connectivity index (χ0n) is 16.1. The lowest BCUT2D eigenvalue weighted by Gasteiger charge is -2.37. The number of amides is 1. The Morgan fingerprint density at radius 3 is 2.52 bits per heavy atom. The molecular formula is C22H24N4O3. The molecule has 1 unspecified atom stereocenters. The number of hydrogen-bond acceptors (Lipinski definition) is 5. The number of carboxylic acid groups (broad SMARTS) is 1. The molecule has 4 rings (SSSR count). The molecule has 29 heavy (non-hydrogen) atoms.